The van der Waals surface area contributed by atoms with E-state index in [0.717, 1.165) is 31.5 Å². The van der Waals surface area contributed by atoms with Crippen molar-refractivity contribution in [3.05, 3.63) is 45.6 Å². The smallest absolute Gasteiger partial charge is 0.346 e. The molecule has 174 valence electrons. The third-order valence-corrected chi connectivity index (χ3v) is 6.34. The average molecular weight is 463 g/mol. The normalized spacial score (nSPS) is 19.2. The molecule has 1 saturated heterocycles. The molecule has 8 nitrogen and oxygen atoms in total. The zero-order valence-corrected chi connectivity index (χ0v) is 19.7. The summed E-state index contributed by atoms with van der Waals surface area (Å²) in [6, 6.07) is 7.23. The number of carbonyl (C=O) groups excluding carboxylic acids is 1. The second-order valence-corrected chi connectivity index (χ2v) is 9.55. The Morgan fingerprint density at radius 1 is 1.22 bits per heavy atom. The molecule has 0 radical (unpaired) electrons. The third-order valence-electron chi connectivity index (χ3n) is 6.09. The molecule has 1 amide bonds. The number of hydrogen-bond donors (Lipinski definition) is 0. The van der Waals surface area contributed by atoms with Crippen molar-refractivity contribution in [2.75, 3.05) is 26.8 Å². The zero-order chi connectivity index (χ0) is 22.9. The fraction of sp³-hybridized carbons (Fsp3) is 0.609. The van der Waals surface area contributed by atoms with Crippen LogP contribution in [-0.4, -0.2) is 57.6 Å². The number of amides is 1. The van der Waals surface area contributed by atoms with Crippen LogP contribution in [0.5, 0.6) is 5.75 Å². The van der Waals surface area contributed by atoms with Gasteiger partial charge in [-0.25, -0.2) is 9.48 Å². The molecule has 1 saturated carbocycles. The lowest BCUT2D eigenvalue weighted by molar-refractivity contribution is -0.146. The van der Waals surface area contributed by atoms with Crippen LogP contribution < -0.4 is 10.4 Å². The molecule has 2 aromatic rings. The van der Waals surface area contributed by atoms with Gasteiger partial charge in [0.2, 0.25) is 0 Å². The van der Waals surface area contributed by atoms with Crippen LogP contribution in [0.25, 0.3) is 0 Å². The summed E-state index contributed by atoms with van der Waals surface area (Å²) in [5, 5.41) is 5.29. The van der Waals surface area contributed by atoms with Crippen molar-refractivity contribution in [1.82, 2.24) is 19.2 Å². The molecule has 4 rings (SSSR count). The highest BCUT2D eigenvalue weighted by Crippen LogP contribution is 2.37. The van der Waals surface area contributed by atoms with Crippen LogP contribution in [0.1, 0.15) is 57.3 Å². The number of rotatable bonds is 8. The number of aromatic nitrogens is 3. The van der Waals surface area contributed by atoms with Gasteiger partial charge in [0.1, 0.15) is 11.6 Å². The average Bonchev–Trinajstić information content (AvgIpc) is 3.56. The van der Waals surface area contributed by atoms with Gasteiger partial charge in [0.15, 0.2) is 5.60 Å². The van der Waals surface area contributed by atoms with Crippen molar-refractivity contribution < 1.29 is 14.3 Å². The molecule has 0 N–H and O–H groups in total. The van der Waals surface area contributed by atoms with Crippen molar-refractivity contribution in [2.24, 2.45) is 0 Å². The molecule has 9 heteroatoms. The van der Waals surface area contributed by atoms with E-state index in [1.807, 2.05) is 9.47 Å². The first-order valence-electron chi connectivity index (χ1n) is 11.2. The van der Waals surface area contributed by atoms with Crippen LogP contribution in [0.4, 0.5) is 0 Å². The Labute approximate surface area is 193 Å². The van der Waals surface area contributed by atoms with Crippen molar-refractivity contribution in [1.29, 1.82) is 0 Å². The standard InChI is InChI=1S/C23H31ClN4O4/c1-23(2,32-19-10-6-17(24)7-11-19)21(29)26-12-4-5-16(15-26)20-25-27(13-14-31-3)22(30)28(20)18-8-9-18/h6-7,10-11,16,18H,4-5,8-9,12-15H2,1-3H3. The van der Waals surface area contributed by atoms with Crippen LogP contribution in [-0.2, 0) is 16.1 Å². The Morgan fingerprint density at radius 3 is 2.59 bits per heavy atom. The summed E-state index contributed by atoms with van der Waals surface area (Å²) in [5.41, 5.74) is -1.10. The summed E-state index contributed by atoms with van der Waals surface area (Å²) < 4.78 is 14.5. The molecule has 1 atom stereocenters. The molecular formula is C23H31ClN4O4. The van der Waals surface area contributed by atoms with E-state index < -0.39 is 5.60 Å². The molecule has 1 aliphatic carbocycles. The minimum Gasteiger partial charge on any atom is -0.478 e. The first kappa shape index (κ1) is 22.9. The van der Waals surface area contributed by atoms with Gasteiger partial charge < -0.3 is 14.4 Å². The number of carbonyl (C=O) groups is 1. The number of piperidine rings is 1. The Bertz CT molecular complexity index is 1010. The van der Waals surface area contributed by atoms with Gasteiger partial charge in [0, 0.05) is 37.2 Å². The second kappa shape index (κ2) is 9.27. The minimum absolute atomic E-state index is 0.0242. The number of nitrogens with zero attached hydrogens (tertiary/aromatic N) is 4. The number of benzene rings is 1. The van der Waals surface area contributed by atoms with E-state index in [9.17, 15) is 9.59 Å². The van der Waals surface area contributed by atoms with Crippen molar-refractivity contribution in [2.45, 2.75) is 63.6 Å². The van der Waals surface area contributed by atoms with Crippen LogP contribution in [0.3, 0.4) is 0 Å². The highest BCUT2D eigenvalue weighted by Gasteiger charge is 2.39. The highest BCUT2D eigenvalue weighted by atomic mass is 35.5. The van der Waals surface area contributed by atoms with Gasteiger partial charge in [0.05, 0.1) is 13.2 Å². The van der Waals surface area contributed by atoms with E-state index >= 15 is 0 Å². The molecule has 0 bridgehead atoms. The monoisotopic (exact) mass is 462 g/mol. The lowest BCUT2D eigenvalue weighted by Crippen LogP contribution is -2.51. The fourth-order valence-electron chi connectivity index (χ4n) is 4.31. The quantitative estimate of drug-likeness (QED) is 0.601. The molecule has 0 spiro atoms. The van der Waals surface area contributed by atoms with E-state index in [4.69, 9.17) is 21.1 Å². The predicted molar refractivity (Wildman–Crippen MR) is 121 cm³/mol. The number of likely N-dealkylation sites (tertiary alicyclic amines) is 1. The molecule has 2 heterocycles. The van der Waals surface area contributed by atoms with Crippen molar-refractivity contribution >= 4 is 17.5 Å². The number of ether oxygens (including phenoxy) is 2. The topological polar surface area (TPSA) is 78.6 Å². The summed E-state index contributed by atoms with van der Waals surface area (Å²) in [4.78, 5) is 28.1. The van der Waals surface area contributed by atoms with E-state index in [1.165, 1.54) is 4.68 Å². The Balaban J connectivity index is 1.51. The summed E-state index contributed by atoms with van der Waals surface area (Å²) in [7, 11) is 1.61. The molecule has 2 fully saturated rings. The maximum atomic E-state index is 13.4. The molecule has 2 aliphatic rings. The Morgan fingerprint density at radius 2 is 1.94 bits per heavy atom. The SMILES string of the molecule is COCCn1nc(C2CCCN(C(=O)C(C)(C)Oc3ccc(Cl)cc3)C2)n(C2CC2)c1=O. The molecule has 1 aromatic heterocycles. The van der Waals surface area contributed by atoms with Crippen LogP contribution in [0, 0.1) is 0 Å². The second-order valence-electron chi connectivity index (χ2n) is 9.11. The van der Waals surface area contributed by atoms with Crippen molar-refractivity contribution in [3.8, 4) is 5.75 Å². The molecule has 32 heavy (non-hydrogen) atoms. The lowest BCUT2D eigenvalue weighted by atomic mass is 9.95. The number of methoxy groups -OCH3 is 1. The van der Waals surface area contributed by atoms with Gasteiger partial charge in [-0.3, -0.25) is 9.36 Å². The van der Waals surface area contributed by atoms with Crippen LogP contribution in [0.15, 0.2) is 29.1 Å². The fourth-order valence-corrected chi connectivity index (χ4v) is 4.43. The van der Waals surface area contributed by atoms with Gasteiger partial charge in [-0.05, 0) is 63.8 Å². The van der Waals surface area contributed by atoms with E-state index in [0.29, 0.717) is 37.0 Å². The third kappa shape index (κ3) is 4.86. The van der Waals surface area contributed by atoms with Crippen LogP contribution in [0.2, 0.25) is 5.02 Å². The van der Waals surface area contributed by atoms with E-state index in [1.54, 1.807) is 45.2 Å². The molecular weight excluding hydrogens is 432 g/mol. The summed E-state index contributed by atoms with van der Waals surface area (Å²) >= 11 is 5.95. The molecule has 1 aliphatic heterocycles. The van der Waals surface area contributed by atoms with Gasteiger partial charge in [-0.2, -0.15) is 5.10 Å². The number of halogens is 1. The molecule has 1 aromatic carbocycles. The Kier molecular flexibility index (Phi) is 6.62. The van der Waals surface area contributed by atoms with Gasteiger partial charge in [-0.1, -0.05) is 11.6 Å². The Hall–Kier alpha value is -2.32. The lowest BCUT2D eigenvalue weighted by Gasteiger charge is -2.37. The first-order chi connectivity index (χ1) is 15.3. The van der Waals surface area contributed by atoms with Gasteiger partial charge in [0.25, 0.3) is 5.91 Å². The first-order valence-corrected chi connectivity index (χ1v) is 11.6. The largest absolute Gasteiger partial charge is 0.478 e. The zero-order valence-electron chi connectivity index (χ0n) is 18.9. The van der Waals surface area contributed by atoms with Crippen molar-refractivity contribution in [3.63, 3.8) is 0 Å². The van der Waals surface area contributed by atoms with Gasteiger partial charge >= 0.3 is 5.69 Å². The summed E-state index contributed by atoms with van der Waals surface area (Å²) in [6.45, 7) is 5.63. The summed E-state index contributed by atoms with van der Waals surface area (Å²) in [5.74, 6) is 1.34. The molecule has 1 unspecified atom stereocenters. The maximum Gasteiger partial charge on any atom is 0.346 e. The number of hydrogen-bond acceptors (Lipinski definition) is 5. The highest BCUT2D eigenvalue weighted by molar-refractivity contribution is 6.30. The predicted octanol–water partition coefficient (Wildman–Crippen LogP) is 3.24. The summed E-state index contributed by atoms with van der Waals surface area (Å²) in [6.07, 6.45) is 3.76. The van der Waals surface area contributed by atoms with E-state index in [2.05, 4.69) is 5.10 Å². The maximum absolute atomic E-state index is 13.4. The van der Waals surface area contributed by atoms with Gasteiger partial charge in [-0.15, -0.1) is 0 Å². The minimum atomic E-state index is -1.02. The van der Waals surface area contributed by atoms with Crippen LogP contribution >= 0.6 is 11.6 Å². The van der Waals surface area contributed by atoms with E-state index in [-0.39, 0.29) is 23.6 Å².